The van der Waals surface area contributed by atoms with Gasteiger partial charge >= 0.3 is 0 Å². The van der Waals surface area contributed by atoms with Crippen molar-refractivity contribution in [1.29, 1.82) is 0 Å². The number of aldehydes is 1. The summed E-state index contributed by atoms with van der Waals surface area (Å²) in [7, 11) is 0. The second kappa shape index (κ2) is 6.07. The lowest BCUT2D eigenvalue weighted by Gasteiger charge is -2.33. The maximum atomic E-state index is 11.5. The first kappa shape index (κ1) is 14.9. The summed E-state index contributed by atoms with van der Waals surface area (Å²) in [5, 5.41) is 3.64. The van der Waals surface area contributed by atoms with Gasteiger partial charge in [-0.3, -0.25) is 14.8 Å². The molecule has 0 saturated carbocycles. The molecule has 0 amide bonds. The van der Waals surface area contributed by atoms with Crippen LogP contribution in [0.1, 0.15) is 46.6 Å². The highest BCUT2D eigenvalue weighted by atomic mass is 16.1. The van der Waals surface area contributed by atoms with Gasteiger partial charge in [0.1, 0.15) is 0 Å². The van der Waals surface area contributed by atoms with Gasteiger partial charge in [-0.2, -0.15) is 0 Å². The Morgan fingerprint density at radius 1 is 1.29 bits per heavy atom. The van der Waals surface area contributed by atoms with Gasteiger partial charge in [-0.05, 0) is 44.4 Å². The molecule has 1 unspecified atom stereocenters. The summed E-state index contributed by atoms with van der Waals surface area (Å²) in [4.78, 5) is 22.7. The Kier molecular flexibility index (Phi) is 3.76. The molecule has 1 atom stereocenters. The van der Waals surface area contributed by atoms with Crippen LogP contribution in [0.5, 0.6) is 0 Å². The first-order valence-corrected chi connectivity index (χ1v) is 8.39. The molecule has 4 heterocycles. The van der Waals surface area contributed by atoms with Gasteiger partial charge in [-0.25, -0.2) is 0 Å². The number of aromatic nitrogens is 2. The third-order valence-electron chi connectivity index (χ3n) is 4.72. The molecule has 122 valence electrons. The molecule has 1 fully saturated rings. The van der Waals surface area contributed by atoms with Crippen molar-refractivity contribution in [2.75, 3.05) is 6.54 Å². The molecule has 5 nitrogen and oxygen atoms in total. The van der Waals surface area contributed by atoms with E-state index in [9.17, 15) is 4.79 Å². The Bertz CT molecular complexity index is 815. The predicted molar refractivity (Wildman–Crippen MR) is 92.9 cm³/mol. The molecule has 2 aliphatic heterocycles. The zero-order valence-electron chi connectivity index (χ0n) is 13.7. The third kappa shape index (κ3) is 2.46. The largest absolute Gasteiger partial charge is 0.362 e. The highest BCUT2D eigenvalue weighted by Crippen LogP contribution is 2.38. The minimum atomic E-state index is 0.277. The number of carbonyl (C=O) groups excluding carboxylic acids is 1. The van der Waals surface area contributed by atoms with E-state index in [0.717, 1.165) is 54.0 Å². The van der Waals surface area contributed by atoms with Crippen LogP contribution in [-0.4, -0.2) is 33.9 Å². The van der Waals surface area contributed by atoms with Gasteiger partial charge in [0.25, 0.3) is 0 Å². The number of pyridine rings is 2. The van der Waals surface area contributed by atoms with Gasteiger partial charge < -0.3 is 10.2 Å². The zero-order chi connectivity index (χ0) is 16.5. The summed E-state index contributed by atoms with van der Waals surface area (Å²) in [6.45, 7) is 2.98. The van der Waals surface area contributed by atoms with Gasteiger partial charge in [-0.1, -0.05) is 6.07 Å². The van der Waals surface area contributed by atoms with Crippen LogP contribution in [0.3, 0.4) is 0 Å². The van der Waals surface area contributed by atoms with Crippen molar-refractivity contribution >= 4 is 17.7 Å². The standard InChI is InChI=1S/C19H20N4O/c1-13-5-4-6-16(21-13)18-19(15-8-9-20-11-14(15)12-24)23-10-3-2-7-17(23)22-18/h4-6,8-9,11-12,17,22H,2-3,7,10H2,1H3. The van der Waals surface area contributed by atoms with Crippen molar-refractivity contribution < 1.29 is 4.79 Å². The summed E-state index contributed by atoms with van der Waals surface area (Å²) in [6, 6.07) is 7.97. The average molecular weight is 320 g/mol. The minimum absolute atomic E-state index is 0.277. The SMILES string of the molecule is Cc1cccc(C2=C(c3ccncc3C=O)N3CCCCC3N2)n1. The lowest BCUT2D eigenvalue weighted by Crippen LogP contribution is -2.40. The van der Waals surface area contributed by atoms with Crippen molar-refractivity contribution in [3.8, 4) is 0 Å². The van der Waals surface area contributed by atoms with Crippen LogP contribution in [0, 0.1) is 6.92 Å². The molecular formula is C19H20N4O. The molecule has 0 aliphatic carbocycles. The van der Waals surface area contributed by atoms with Crippen molar-refractivity contribution in [1.82, 2.24) is 20.2 Å². The molecule has 1 N–H and O–H groups in total. The summed E-state index contributed by atoms with van der Waals surface area (Å²) in [6.07, 6.45) is 8.01. The number of hydrogen-bond donors (Lipinski definition) is 1. The zero-order valence-corrected chi connectivity index (χ0v) is 13.7. The molecule has 0 spiro atoms. The predicted octanol–water partition coefficient (Wildman–Crippen LogP) is 2.84. The molecule has 0 radical (unpaired) electrons. The normalized spacial score (nSPS) is 19.9. The van der Waals surface area contributed by atoms with Crippen LogP contribution in [0.15, 0.2) is 36.7 Å². The van der Waals surface area contributed by atoms with Gasteiger partial charge in [0.2, 0.25) is 0 Å². The smallest absolute Gasteiger partial charge is 0.152 e. The number of nitrogens with zero attached hydrogens (tertiary/aromatic N) is 3. The highest BCUT2D eigenvalue weighted by molar-refractivity contribution is 5.95. The molecule has 2 aliphatic rings. The molecule has 2 aromatic heterocycles. The van der Waals surface area contributed by atoms with Gasteiger partial charge in [-0.15, -0.1) is 0 Å². The van der Waals surface area contributed by atoms with Crippen LogP contribution in [-0.2, 0) is 0 Å². The Labute approximate surface area is 141 Å². The van der Waals surface area contributed by atoms with Crippen molar-refractivity contribution in [3.63, 3.8) is 0 Å². The maximum Gasteiger partial charge on any atom is 0.152 e. The number of aryl methyl sites for hydroxylation is 1. The molecule has 0 aromatic carbocycles. The lowest BCUT2D eigenvalue weighted by atomic mass is 10.0. The van der Waals surface area contributed by atoms with Crippen LogP contribution >= 0.6 is 0 Å². The van der Waals surface area contributed by atoms with Crippen molar-refractivity contribution in [2.45, 2.75) is 32.4 Å². The van der Waals surface area contributed by atoms with Crippen LogP contribution in [0.25, 0.3) is 11.4 Å². The van der Waals surface area contributed by atoms with E-state index in [0.29, 0.717) is 5.56 Å². The number of piperidine rings is 1. The van der Waals surface area contributed by atoms with Crippen LogP contribution in [0.4, 0.5) is 0 Å². The van der Waals surface area contributed by atoms with E-state index in [-0.39, 0.29) is 6.17 Å². The maximum absolute atomic E-state index is 11.5. The first-order chi connectivity index (χ1) is 11.8. The van der Waals surface area contributed by atoms with Crippen molar-refractivity contribution in [2.24, 2.45) is 0 Å². The number of rotatable bonds is 3. The quantitative estimate of drug-likeness (QED) is 0.881. The highest BCUT2D eigenvalue weighted by Gasteiger charge is 2.35. The Hall–Kier alpha value is -2.69. The first-order valence-electron chi connectivity index (χ1n) is 8.39. The van der Waals surface area contributed by atoms with Crippen LogP contribution < -0.4 is 5.32 Å². The summed E-state index contributed by atoms with van der Waals surface area (Å²) >= 11 is 0. The van der Waals surface area contributed by atoms with E-state index in [4.69, 9.17) is 4.98 Å². The number of hydrogen-bond acceptors (Lipinski definition) is 5. The molecule has 4 rings (SSSR count). The fourth-order valence-electron chi connectivity index (χ4n) is 3.61. The summed E-state index contributed by atoms with van der Waals surface area (Å²) in [5.41, 5.74) is 5.53. The Morgan fingerprint density at radius 3 is 3.04 bits per heavy atom. The van der Waals surface area contributed by atoms with E-state index < -0.39 is 0 Å². The van der Waals surface area contributed by atoms with E-state index in [1.807, 2.05) is 31.2 Å². The fourth-order valence-corrected chi connectivity index (χ4v) is 3.61. The molecule has 2 aromatic rings. The topological polar surface area (TPSA) is 58.1 Å². The summed E-state index contributed by atoms with van der Waals surface area (Å²) in [5.74, 6) is 0. The minimum Gasteiger partial charge on any atom is -0.362 e. The number of nitrogens with one attached hydrogen (secondary N) is 1. The Balaban J connectivity index is 1.91. The average Bonchev–Trinajstić information content (AvgIpc) is 3.01. The third-order valence-corrected chi connectivity index (χ3v) is 4.72. The second-order valence-electron chi connectivity index (χ2n) is 6.32. The molecule has 5 heteroatoms. The number of carbonyl (C=O) groups is 1. The van der Waals surface area contributed by atoms with E-state index in [2.05, 4.69) is 15.2 Å². The second-order valence-corrected chi connectivity index (χ2v) is 6.32. The molecule has 0 bridgehead atoms. The van der Waals surface area contributed by atoms with E-state index >= 15 is 0 Å². The molecule has 24 heavy (non-hydrogen) atoms. The Morgan fingerprint density at radius 2 is 2.21 bits per heavy atom. The van der Waals surface area contributed by atoms with E-state index in [1.165, 1.54) is 6.42 Å². The van der Waals surface area contributed by atoms with Crippen molar-refractivity contribution in [3.05, 3.63) is 59.2 Å². The fraction of sp³-hybridized carbons (Fsp3) is 0.316. The van der Waals surface area contributed by atoms with Crippen LogP contribution in [0.2, 0.25) is 0 Å². The van der Waals surface area contributed by atoms with E-state index in [1.54, 1.807) is 12.4 Å². The monoisotopic (exact) mass is 320 g/mol. The molecule has 1 saturated heterocycles. The lowest BCUT2D eigenvalue weighted by molar-refractivity contribution is 0.112. The molecular weight excluding hydrogens is 300 g/mol. The van der Waals surface area contributed by atoms with Gasteiger partial charge in [0, 0.05) is 35.8 Å². The summed E-state index contributed by atoms with van der Waals surface area (Å²) < 4.78 is 0. The van der Waals surface area contributed by atoms with Gasteiger partial charge in [0.05, 0.1) is 23.3 Å². The van der Waals surface area contributed by atoms with Gasteiger partial charge in [0.15, 0.2) is 6.29 Å². The number of fused-ring (bicyclic) bond motifs is 1.